The molecule has 0 saturated carbocycles. The molecule has 1 aliphatic rings. The van der Waals surface area contributed by atoms with E-state index in [1.54, 1.807) is 26.8 Å². The topological polar surface area (TPSA) is 78.4 Å². The summed E-state index contributed by atoms with van der Waals surface area (Å²) in [5.74, 6) is 0.137. The van der Waals surface area contributed by atoms with Gasteiger partial charge in [0.1, 0.15) is 23.6 Å². The van der Waals surface area contributed by atoms with Gasteiger partial charge in [0, 0.05) is 49.8 Å². The monoisotopic (exact) mass is 567 g/mol. The molecule has 3 aromatic rings. The van der Waals surface area contributed by atoms with Gasteiger partial charge in [-0.05, 0) is 36.1 Å². The summed E-state index contributed by atoms with van der Waals surface area (Å²) in [6, 6.07) is 17.2. The number of carbonyl (C=O) groups is 2. The zero-order valence-corrected chi connectivity index (χ0v) is 23.6. The molecule has 41 heavy (non-hydrogen) atoms. The molecule has 1 amide bonds. The molecule has 10 heteroatoms. The number of aldehydes is 1. The van der Waals surface area contributed by atoms with E-state index >= 15 is 0 Å². The Labute approximate surface area is 238 Å². The average Bonchev–Trinajstić information content (AvgIpc) is 3.17. The largest absolute Gasteiger partial charge is 0.433 e. The summed E-state index contributed by atoms with van der Waals surface area (Å²) < 4.78 is 40.8. The second-order valence-electron chi connectivity index (χ2n) is 11.4. The number of benzene rings is 2. The van der Waals surface area contributed by atoms with Gasteiger partial charge >= 0.3 is 6.18 Å². The van der Waals surface area contributed by atoms with E-state index in [1.165, 1.54) is 0 Å². The van der Waals surface area contributed by atoms with E-state index < -0.39 is 23.3 Å². The predicted molar refractivity (Wildman–Crippen MR) is 152 cm³/mol. The molecule has 1 aromatic heterocycles. The van der Waals surface area contributed by atoms with Crippen LogP contribution in [0.25, 0.3) is 0 Å². The zero-order chi connectivity index (χ0) is 29.6. The van der Waals surface area contributed by atoms with Crippen LogP contribution in [-0.4, -0.2) is 59.3 Å². The normalized spacial score (nSPS) is 15.7. The highest BCUT2D eigenvalue weighted by atomic mass is 19.4. The van der Waals surface area contributed by atoms with Crippen molar-refractivity contribution in [3.63, 3.8) is 0 Å². The molecule has 0 spiro atoms. The van der Waals surface area contributed by atoms with E-state index in [2.05, 4.69) is 20.2 Å². The van der Waals surface area contributed by atoms with Crippen LogP contribution < -0.4 is 10.2 Å². The number of alkyl halides is 3. The SMILES string of the molecule is CC(C)(C)c1nc(N2CCCN(Cc3cccc(C(=O)NC(C=O)Cc4ccccc4)c3)CC2)cc(C(F)(F)F)n1. The molecule has 218 valence electrons. The number of amides is 1. The minimum Gasteiger partial charge on any atom is -0.355 e. The molecule has 7 nitrogen and oxygen atoms in total. The minimum absolute atomic E-state index is 0.166. The first-order valence-electron chi connectivity index (χ1n) is 13.8. The van der Waals surface area contributed by atoms with E-state index in [0.29, 0.717) is 38.2 Å². The molecule has 1 unspecified atom stereocenters. The Balaban J connectivity index is 1.40. The van der Waals surface area contributed by atoms with Crippen molar-refractivity contribution in [2.24, 2.45) is 0 Å². The van der Waals surface area contributed by atoms with Crippen molar-refractivity contribution in [3.05, 3.63) is 88.9 Å². The summed E-state index contributed by atoms with van der Waals surface area (Å²) in [5, 5.41) is 2.81. The molecule has 1 fully saturated rings. The van der Waals surface area contributed by atoms with Gasteiger partial charge in [-0.1, -0.05) is 63.2 Å². The highest BCUT2D eigenvalue weighted by Gasteiger charge is 2.35. The van der Waals surface area contributed by atoms with Gasteiger partial charge in [-0.2, -0.15) is 13.2 Å². The Bertz CT molecular complexity index is 1310. The van der Waals surface area contributed by atoms with Crippen LogP contribution in [0, 0.1) is 0 Å². The number of anilines is 1. The molecular formula is C31H36F3N5O2. The van der Waals surface area contributed by atoms with Crippen LogP contribution in [0.2, 0.25) is 0 Å². The fraction of sp³-hybridized carbons (Fsp3) is 0.419. The quantitative estimate of drug-likeness (QED) is 0.384. The number of hydrogen-bond donors (Lipinski definition) is 1. The third-order valence-electron chi connectivity index (χ3n) is 6.96. The van der Waals surface area contributed by atoms with Crippen LogP contribution in [0.4, 0.5) is 19.0 Å². The van der Waals surface area contributed by atoms with Crippen molar-refractivity contribution >= 4 is 18.0 Å². The molecule has 4 rings (SSSR count). The molecule has 2 heterocycles. The lowest BCUT2D eigenvalue weighted by Gasteiger charge is -2.26. The van der Waals surface area contributed by atoms with E-state index in [1.807, 2.05) is 53.4 Å². The molecule has 1 saturated heterocycles. The van der Waals surface area contributed by atoms with Crippen LogP contribution in [0.5, 0.6) is 0 Å². The zero-order valence-electron chi connectivity index (χ0n) is 23.6. The fourth-order valence-corrected chi connectivity index (χ4v) is 4.76. The lowest BCUT2D eigenvalue weighted by Crippen LogP contribution is -2.37. The summed E-state index contributed by atoms with van der Waals surface area (Å²) in [4.78, 5) is 37.0. The van der Waals surface area contributed by atoms with Crippen molar-refractivity contribution in [1.82, 2.24) is 20.2 Å². The van der Waals surface area contributed by atoms with Gasteiger partial charge in [0.2, 0.25) is 0 Å². The van der Waals surface area contributed by atoms with Crippen molar-refractivity contribution in [3.8, 4) is 0 Å². The first-order chi connectivity index (χ1) is 19.4. The summed E-state index contributed by atoms with van der Waals surface area (Å²) in [7, 11) is 0. The van der Waals surface area contributed by atoms with Gasteiger partial charge in [0.05, 0.1) is 6.04 Å². The van der Waals surface area contributed by atoms with E-state index in [-0.39, 0.29) is 17.5 Å². The maximum Gasteiger partial charge on any atom is 0.433 e. The van der Waals surface area contributed by atoms with Crippen LogP contribution in [-0.2, 0) is 29.4 Å². The molecule has 0 aliphatic carbocycles. The number of carbonyl (C=O) groups excluding carboxylic acids is 2. The molecule has 0 bridgehead atoms. The fourth-order valence-electron chi connectivity index (χ4n) is 4.76. The van der Waals surface area contributed by atoms with Gasteiger partial charge in [-0.15, -0.1) is 0 Å². The first kappa shape index (κ1) is 30.2. The minimum atomic E-state index is -4.56. The van der Waals surface area contributed by atoms with Crippen molar-refractivity contribution < 1.29 is 22.8 Å². The van der Waals surface area contributed by atoms with Gasteiger partial charge < -0.3 is 15.0 Å². The molecule has 1 N–H and O–H groups in total. The Hall–Kier alpha value is -3.79. The van der Waals surface area contributed by atoms with E-state index in [0.717, 1.165) is 36.4 Å². The van der Waals surface area contributed by atoms with Crippen molar-refractivity contribution in [2.45, 2.75) is 57.8 Å². The summed E-state index contributed by atoms with van der Waals surface area (Å²) in [5.41, 5.74) is 0.810. The number of hydrogen-bond acceptors (Lipinski definition) is 6. The number of rotatable bonds is 8. The summed E-state index contributed by atoms with van der Waals surface area (Å²) >= 11 is 0. The van der Waals surface area contributed by atoms with E-state index in [4.69, 9.17) is 0 Å². The molecule has 0 radical (unpaired) electrons. The maximum absolute atomic E-state index is 13.6. The Morgan fingerprint density at radius 3 is 2.37 bits per heavy atom. The van der Waals surface area contributed by atoms with Crippen LogP contribution >= 0.6 is 0 Å². The second kappa shape index (κ2) is 12.8. The molecule has 2 aromatic carbocycles. The van der Waals surface area contributed by atoms with Gasteiger partial charge in [-0.3, -0.25) is 9.69 Å². The van der Waals surface area contributed by atoms with Crippen LogP contribution in [0.3, 0.4) is 0 Å². The summed E-state index contributed by atoms with van der Waals surface area (Å²) in [6.07, 6.45) is -2.65. The second-order valence-corrected chi connectivity index (χ2v) is 11.4. The van der Waals surface area contributed by atoms with Gasteiger partial charge in [0.25, 0.3) is 5.91 Å². The Morgan fingerprint density at radius 2 is 1.68 bits per heavy atom. The number of halogens is 3. The maximum atomic E-state index is 13.6. The van der Waals surface area contributed by atoms with E-state index in [9.17, 15) is 22.8 Å². The van der Waals surface area contributed by atoms with Gasteiger partial charge in [-0.25, -0.2) is 9.97 Å². The molecule has 1 aliphatic heterocycles. The van der Waals surface area contributed by atoms with Crippen molar-refractivity contribution in [2.75, 3.05) is 31.1 Å². The molecule has 1 atom stereocenters. The Kier molecular flexibility index (Phi) is 9.42. The highest BCUT2D eigenvalue weighted by molar-refractivity contribution is 5.95. The number of nitrogens with one attached hydrogen (secondary N) is 1. The van der Waals surface area contributed by atoms with Crippen molar-refractivity contribution in [1.29, 1.82) is 0 Å². The Morgan fingerprint density at radius 1 is 0.951 bits per heavy atom. The highest BCUT2D eigenvalue weighted by Crippen LogP contribution is 2.32. The first-order valence-corrected chi connectivity index (χ1v) is 13.8. The molecular weight excluding hydrogens is 531 g/mol. The lowest BCUT2D eigenvalue weighted by atomic mass is 9.95. The lowest BCUT2D eigenvalue weighted by molar-refractivity contribution is -0.141. The number of aromatic nitrogens is 2. The summed E-state index contributed by atoms with van der Waals surface area (Å²) in [6.45, 7) is 8.44. The smallest absolute Gasteiger partial charge is 0.355 e. The van der Waals surface area contributed by atoms with Gasteiger partial charge in [0.15, 0.2) is 0 Å². The number of nitrogens with zero attached hydrogens (tertiary/aromatic N) is 4. The van der Waals surface area contributed by atoms with Crippen LogP contribution in [0.15, 0.2) is 60.7 Å². The standard InChI is InChI=1S/C31H36F3N5O2/c1-30(2,3)29-36-26(31(32,33)34)19-27(37-29)39-14-8-13-38(15-16-39)20-23-11-7-12-24(17-23)28(41)35-25(21-40)18-22-9-5-4-6-10-22/h4-7,9-12,17,19,21,25H,8,13-16,18,20H2,1-3H3,(H,35,41). The third-order valence-corrected chi connectivity index (χ3v) is 6.96. The average molecular weight is 568 g/mol. The third kappa shape index (κ3) is 8.36. The predicted octanol–water partition coefficient (Wildman–Crippen LogP) is 5.05. The van der Waals surface area contributed by atoms with Crippen LogP contribution in [0.1, 0.15) is 60.2 Å².